The number of nitrogens with two attached hydrogens (primary N) is 1. The van der Waals surface area contributed by atoms with E-state index in [9.17, 15) is 4.39 Å². The minimum absolute atomic E-state index is 0.258. The average molecular weight is 294 g/mol. The van der Waals surface area contributed by atoms with Gasteiger partial charge in [-0.3, -0.25) is 0 Å². The molecule has 17 heavy (non-hydrogen) atoms. The van der Waals surface area contributed by atoms with Crippen molar-refractivity contribution in [2.75, 3.05) is 0 Å². The molecule has 88 valence electrons. The molecule has 0 fully saturated rings. The molecule has 0 aliphatic heterocycles. The molecule has 0 heterocycles. The first-order chi connectivity index (χ1) is 8.08. The van der Waals surface area contributed by atoms with Gasteiger partial charge in [-0.05, 0) is 41.8 Å². The maximum Gasteiger partial charge on any atom is 0.123 e. The Morgan fingerprint density at radius 3 is 2.47 bits per heavy atom. The number of hydrogen-bond acceptors (Lipinski definition) is 1. The van der Waals surface area contributed by atoms with Crippen molar-refractivity contribution in [2.24, 2.45) is 5.73 Å². The Morgan fingerprint density at radius 2 is 1.82 bits per heavy atom. The van der Waals surface area contributed by atoms with Crippen LogP contribution in [0.4, 0.5) is 4.39 Å². The highest BCUT2D eigenvalue weighted by Gasteiger charge is 2.10. The second-order valence-electron chi connectivity index (χ2n) is 4.04. The number of aryl methyl sites for hydroxylation is 1. The molecule has 2 N–H and O–H groups in total. The van der Waals surface area contributed by atoms with E-state index in [4.69, 9.17) is 5.73 Å². The van der Waals surface area contributed by atoms with Crippen molar-refractivity contribution < 1.29 is 4.39 Å². The summed E-state index contributed by atoms with van der Waals surface area (Å²) in [5.74, 6) is -0.258. The van der Waals surface area contributed by atoms with Gasteiger partial charge in [0.2, 0.25) is 0 Å². The number of hydrogen-bond donors (Lipinski definition) is 1. The summed E-state index contributed by atoms with van der Waals surface area (Å²) in [6, 6.07) is 12.0. The van der Waals surface area contributed by atoms with E-state index in [0.29, 0.717) is 0 Å². The fraction of sp³-hybridized carbons (Fsp3) is 0.143. The summed E-state index contributed by atoms with van der Waals surface area (Å²) in [6.45, 7) is 2.01. The van der Waals surface area contributed by atoms with Crippen molar-refractivity contribution in [2.45, 2.75) is 13.0 Å². The molecule has 1 atom stereocenters. The first-order valence-corrected chi connectivity index (χ1v) is 6.14. The van der Waals surface area contributed by atoms with Crippen LogP contribution in [0.25, 0.3) is 0 Å². The minimum Gasteiger partial charge on any atom is -0.320 e. The summed E-state index contributed by atoms with van der Waals surface area (Å²) in [5.41, 5.74) is 9.01. The highest BCUT2D eigenvalue weighted by Crippen LogP contribution is 2.24. The molecule has 0 spiro atoms. The molecule has 0 bridgehead atoms. The zero-order valence-corrected chi connectivity index (χ0v) is 11.0. The third-order valence-electron chi connectivity index (χ3n) is 2.75. The number of rotatable bonds is 2. The van der Waals surface area contributed by atoms with Gasteiger partial charge in [0.15, 0.2) is 0 Å². The zero-order chi connectivity index (χ0) is 12.4. The Labute approximate surface area is 109 Å². The SMILES string of the molecule is Cc1cc(C(N)c2cccc(F)c2)ccc1Br. The van der Waals surface area contributed by atoms with E-state index in [1.807, 2.05) is 31.2 Å². The molecule has 2 rings (SSSR count). The van der Waals surface area contributed by atoms with Crippen LogP contribution < -0.4 is 5.73 Å². The Morgan fingerprint density at radius 1 is 1.12 bits per heavy atom. The van der Waals surface area contributed by atoms with Crippen molar-refractivity contribution in [3.63, 3.8) is 0 Å². The van der Waals surface area contributed by atoms with E-state index >= 15 is 0 Å². The van der Waals surface area contributed by atoms with Crippen molar-refractivity contribution in [1.29, 1.82) is 0 Å². The van der Waals surface area contributed by atoms with Crippen LogP contribution in [0.2, 0.25) is 0 Å². The lowest BCUT2D eigenvalue weighted by atomic mass is 9.98. The molecular formula is C14H13BrFN. The van der Waals surface area contributed by atoms with Crippen LogP contribution in [0.1, 0.15) is 22.7 Å². The number of halogens is 2. The van der Waals surface area contributed by atoms with Crippen molar-refractivity contribution in [1.82, 2.24) is 0 Å². The maximum absolute atomic E-state index is 13.1. The molecule has 0 aliphatic rings. The molecule has 0 amide bonds. The van der Waals surface area contributed by atoms with Crippen molar-refractivity contribution in [3.8, 4) is 0 Å². The fourth-order valence-electron chi connectivity index (χ4n) is 1.75. The van der Waals surface area contributed by atoms with Gasteiger partial charge in [-0.2, -0.15) is 0 Å². The lowest BCUT2D eigenvalue weighted by Crippen LogP contribution is -2.12. The molecule has 3 heteroatoms. The third-order valence-corrected chi connectivity index (χ3v) is 3.64. The Hall–Kier alpha value is -1.19. The normalized spacial score (nSPS) is 12.5. The maximum atomic E-state index is 13.1. The fourth-order valence-corrected chi connectivity index (χ4v) is 2.00. The van der Waals surface area contributed by atoms with Crippen molar-refractivity contribution in [3.05, 3.63) is 69.4 Å². The van der Waals surface area contributed by atoms with Crippen LogP contribution in [-0.4, -0.2) is 0 Å². The van der Waals surface area contributed by atoms with Crippen LogP contribution in [0.15, 0.2) is 46.9 Å². The van der Waals surface area contributed by atoms with Gasteiger partial charge in [-0.1, -0.05) is 40.2 Å². The molecule has 1 nitrogen and oxygen atoms in total. The van der Waals surface area contributed by atoms with E-state index in [0.717, 1.165) is 21.2 Å². The van der Waals surface area contributed by atoms with Gasteiger partial charge in [-0.15, -0.1) is 0 Å². The summed E-state index contributed by atoms with van der Waals surface area (Å²) in [5, 5.41) is 0. The summed E-state index contributed by atoms with van der Waals surface area (Å²) in [6.07, 6.45) is 0. The quantitative estimate of drug-likeness (QED) is 0.892. The van der Waals surface area contributed by atoms with Gasteiger partial charge in [0.1, 0.15) is 5.82 Å². The van der Waals surface area contributed by atoms with Crippen LogP contribution in [0.5, 0.6) is 0 Å². The molecule has 0 radical (unpaired) electrons. The molecule has 2 aromatic carbocycles. The zero-order valence-electron chi connectivity index (χ0n) is 9.45. The molecule has 2 aromatic rings. The van der Waals surface area contributed by atoms with Crippen LogP contribution >= 0.6 is 15.9 Å². The van der Waals surface area contributed by atoms with E-state index in [1.54, 1.807) is 6.07 Å². The number of benzene rings is 2. The van der Waals surface area contributed by atoms with Gasteiger partial charge >= 0.3 is 0 Å². The van der Waals surface area contributed by atoms with E-state index < -0.39 is 0 Å². The lowest BCUT2D eigenvalue weighted by molar-refractivity contribution is 0.623. The average Bonchev–Trinajstić information content (AvgIpc) is 2.32. The summed E-state index contributed by atoms with van der Waals surface area (Å²) in [4.78, 5) is 0. The van der Waals surface area contributed by atoms with Crippen LogP contribution in [0.3, 0.4) is 0 Å². The topological polar surface area (TPSA) is 26.0 Å². The molecule has 0 saturated heterocycles. The highest BCUT2D eigenvalue weighted by molar-refractivity contribution is 9.10. The molecule has 0 saturated carbocycles. The standard InChI is InChI=1S/C14H13BrFN/c1-9-7-11(5-6-13(9)15)14(17)10-3-2-4-12(16)8-10/h2-8,14H,17H2,1H3. The third kappa shape index (κ3) is 2.73. The Bertz CT molecular complexity index is 539. The van der Waals surface area contributed by atoms with Gasteiger partial charge in [0, 0.05) is 4.47 Å². The predicted octanol–water partition coefficient (Wildman–Crippen LogP) is 3.94. The summed E-state index contributed by atoms with van der Waals surface area (Å²) < 4.78 is 14.2. The largest absolute Gasteiger partial charge is 0.320 e. The summed E-state index contributed by atoms with van der Waals surface area (Å²) >= 11 is 3.45. The molecule has 1 unspecified atom stereocenters. The lowest BCUT2D eigenvalue weighted by Gasteiger charge is -2.13. The van der Waals surface area contributed by atoms with Gasteiger partial charge < -0.3 is 5.73 Å². The van der Waals surface area contributed by atoms with E-state index in [1.165, 1.54) is 12.1 Å². The predicted molar refractivity (Wildman–Crippen MR) is 71.3 cm³/mol. The van der Waals surface area contributed by atoms with Crippen LogP contribution in [0, 0.1) is 12.7 Å². The molecule has 0 aliphatic carbocycles. The van der Waals surface area contributed by atoms with Gasteiger partial charge in [-0.25, -0.2) is 4.39 Å². The first-order valence-electron chi connectivity index (χ1n) is 5.35. The first kappa shape index (κ1) is 12.3. The molecular weight excluding hydrogens is 281 g/mol. The highest BCUT2D eigenvalue weighted by atomic mass is 79.9. The summed E-state index contributed by atoms with van der Waals surface area (Å²) in [7, 11) is 0. The second kappa shape index (κ2) is 4.98. The Balaban J connectivity index is 2.36. The second-order valence-corrected chi connectivity index (χ2v) is 4.90. The minimum atomic E-state index is -0.294. The van der Waals surface area contributed by atoms with E-state index in [-0.39, 0.29) is 11.9 Å². The monoisotopic (exact) mass is 293 g/mol. The van der Waals surface area contributed by atoms with Gasteiger partial charge in [0.25, 0.3) is 0 Å². The molecule has 0 aromatic heterocycles. The smallest absolute Gasteiger partial charge is 0.123 e. The van der Waals surface area contributed by atoms with E-state index in [2.05, 4.69) is 15.9 Å². The van der Waals surface area contributed by atoms with Crippen molar-refractivity contribution >= 4 is 15.9 Å². The van der Waals surface area contributed by atoms with Crippen LogP contribution in [-0.2, 0) is 0 Å². The van der Waals surface area contributed by atoms with Gasteiger partial charge in [0.05, 0.1) is 6.04 Å². The Kier molecular flexibility index (Phi) is 3.60.